The van der Waals surface area contributed by atoms with Crippen molar-refractivity contribution in [3.05, 3.63) is 59.6 Å². The van der Waals surface area contributed by atoms with E-state index in [0.717, 1.165) is 17.7 Å². The molecule has 1 atom stereocenters. The van der Waals surface area contributed by atoms with E-state index in [4.69, 9.17) is 11.6 Å². The fourth-order valence-electron chi connectivity index (χ4n) is 2.68. The smallest absolute Gasteiger partial charge is 0.233 e. The minimum atomic E-state index is -0.314. The van der Waals surface area contributed by atoms with Gasteiger partial charge in [-0.3, -0.25) is 9.36 Å². The molecule has 1 N–H and O–H groups in total. The summed E-state index contributed by atoms with van der Waals surface area (Å²) in [6.07, 6.45) is 0.858. The molecule has 1 unspecified atom stereocenters. The zero-order valence-corrected chi connectivity index (χ0v) is 18.6. The fraction of sp³-hybridized carbons (Fsp3) is 0.318. The monoisotopic (exact) mass is 428 g/mol. The minimum Gasteiger partial charge on any atom is -0.350 e. The van der Waals surface area contributed by atoms with Crippen LogP contribution in [0.4, 0.5) is 0 Å². The number of carbonyl (C=O) groups is 1. The SMILES string of the molecule is CCC(C)(C)NC(=O)C(C)Sc1nnc(-c2ccc(Cl)cc2)n1-c1ccccc1. The van der Waals surface area contributed by atoms with Gasteiger partial charge in [0, 0.05) is 21.8 Å². The van der Waals surface area contributed by atoms with E-state index < -0.39 is 0 Å². The van der Waals surface area contributed by atoms with Gasteiger partial charge >= 0.3 is 0 Å². The van der Waals surface area contributed by atoms with Gasteiger partial charge < -0.3 is 5.32 Å². The van der Waals surface area contributed by atoms with Crippen LogP contribution in [0.3, 0.4) is 0 Å². The molecule has 1 heterocycles. The highest BCUT2D eigenvalue weighted by atomic mass is 35.5. The van der Waals surface area contributed by atoms with Crippen LogP contribution in [0.5, 0.6) is 0 Å². The van der Waals surface area contributed by atoms with Crippen molar-refractivity contribution >= 4 is 29.3 Å². The summed E-state index contributed by atoms with van der Waals surface area (Å²) in [6.45, 7) is 7.99. The molecule has 5 nitrogen and oxygen atoms in total. The number of benzene rings is 2. The Hall–Kier alpha value is -2.31. The van der Waals surface area contributed by atoms with Crippen molar-refractivity contribution in [3.8, 4) is 17.1 Å². The molecule has 7 heteroatoms. The topological polar surface area (TPSA) is 59.8 Å². The molecule has 29 heavy (non-hydrogen) atoms. The van der Waals surface area contributed by atoms with Gasteiger partial charge in [0.05, 0.1) is 5.25 Å². The highest BCUT2D eigenvalue weighted by molar-refractivity contribution is 8.00. The summed E-state index contributed by atoms with van der Waals surface area (Å²) in [6, 6.07) is 17.4. The van der Waals surface area contributed by atoms with Gasteiger partial charge in [0.1, 0.15) is 0 Å². The first-order chi connectivity index (χ1) is 13.8. The van der Waals surface area contributed by atoms with Crippen LogP contribution in [0.1, 0.15) is 34.1 Å². The number of hydrogen-bond donors (Lipinski definition) is 1. The zero-order chi connectivity index (χ0) is 21.0. The Labute approximate surface area is 180 Å². The Morgan fingerprint density at radius 3 is 2.41 bits per heavy atom. The van der Waals surface area contributed by atoms with Crippen LogP contribution < -0.4 is 5.32 Å². The Kier molecular flexibility index (Phi) is 6.65. The molecule has 0 saturated carbocycles. The maximum Gasteiger partial charge on any atom is 0.233 e. The van der Waals surface area contributed by atoms with Gasteiger partial charge in [-0.15, -0.1) is 10.2 Å². The number of aromatic nitrogens is 3. The van der Waals surface area contributed by atoms with E-state index in [1.54, 1.807) is 0 Å². The summed E-state index contributed by atoms with van der Waals surface area (Å²) in [7, 11) is 0. The molecule has 1 amide bonds. The van der Waals surface area contributed by atoms with E-state index in [-0.39, 0.29) is 16.7 Å². The third-order valence-corrected chi connectivity index (χ3v) is 6.04. The first-order valence-corrected chi connectivity index (χ1v) is 10.8. The van der Waals surface area contributed by atoms with Crippen LogP contribution >= 0.6 is 23.4 Å². The molecule has 0 bridgehead atoms. The van der Waals surface area contributed by atoms with Crippen molar-refractivity contribution in [2.45, 2.75) is 50.1 Å². The van der Waals surface area contributed by atoms with Crippen LogP contribution in [-0.4, -0.2) is 31.5 Å². The van der Waals surface area contributed by atoms with Gasteiger partial charge in [-0.2, -0.15) is 0 Å². The van der Waals surface area contributed by atoms with E-state index in [2.05, 4.69) is 22.4 Å². The molecule has 1 aromatic heterocycles. The third-order valence-electron chi connectivity index (χ3n) is 4.75. The van der Waals surface area contributed by atoms with E-state index in [1.807, 2.05) is 79.9 Å². The minimum absolute atomic E-state index is 0.0162. The second-order valence-electron chi connectivity index (χ2n) is 7.47. The lowest BCUT2D eigenvalue weighted by atomic mass is 10.0. The highest BCUT2D eigenvalue weighted by Crippen LogP contribution is 2.31. The number of nitrogens with one attached hydrogen (secondary N) is 1. The van der Waals surface area contributed by atoms with Crippen LogP contribution in [0.15, 0.2) is 59.8 Å². The Morgan fingerprint density at radius 2 is 1.79 bits per heavy atom. The van der Waals surface area contributed by atoms with Crippen LogP contribution in [0.25, 0.3) is 17.1 Å². The van der Waals surface area contributed by atoms with Gasteiger partial charge in [0.15, 0.2) is 11.0 Å². The average Bonchev–Trinajstić information content (AvgIpc) is 3.12. The van der Waals surface area contributed by atoms with Crippen molar-refractivity contribution in [2.24, 2.45) is 0 Å². The van der Waals surface area contributed by atoms with E-state index in [1.165, 1.54) is 11.8 Å². The molecule has 0 radical (unpaired) electrons. The summed E-state index contributed by atoms with van der Waals surface area (Å²) in [5.74, 6) is 0.689. The number of rotatable bonds is 7. The number of carbonyl (C=O) groups excluding carboxylic acids is 1. The Balaban J connectivity index is 1.95. The molecule has 152 valence electrons. The van der Waals surface area contributed by atoms with E-state index >= 15 is 0 Å². The second-order valence-corrected chi connectivity index (χ2v) is 9.22. The number of para-hydroxylation sites is 1. The Morgan fingerprint density at radius 1 is 1.14 bits per heavy atom. The van der Waals surface area contributed by atoms with Gasteiger partial charge in [-0.1, -0.05) is 48.5 Å². The third kappa shape index (κ3) is 5.19. The van der Waals surface area contributed by atoms with E-state index in [9.17, 15) is 4.79 Å². The highest BCUT2D eigenvalue weighted by Gasteiger charge is 2.25. The molecule has 0 fully saturated rings. The molecule has 3 aromatic rings. The van der Waals surface area contributed by atoms with Gasteiger partial charge in [0.25, 0.3) is 0 Å². The predicted octanol–water partition coefficient (Wildman–Crippen LogP) is 5.37. The van der Waals surface area contributed by atoms with Crippen LogP contribution in [-0.2, 0) is 4.79 Å². The molecular formula is C22H25ClN4OS. The van der Waals surface area contributed by atoms with Gasteiger partial charge in [-0.05, 0) is 63.6 Å². The molecule has 0 aliphatic carbocycles. The number of hydrogen-bond acceptors (Lipinski definition) is 4. The lowest BCUT2D eigenvalue weighted by molar-refractivity contribution is -0.121. The number of amides is 1. The number of nitrogens with zero attached hydrogens (tertiary/aromatic N) is 3. The average molecular weight is 429 g/mol. The molecule has 2 aromatic carbocycles. The quantitative estimate of drug-likeness (QED) is 0.513. The standard InChI is InChI=1S/C22H25ClN4OS/c1-5-22(3,4)24-20(28)15(2)29-21-26-25-19(16-11-13-17(23)14-12-16)27(21)18-9-7-6-8-10-18/h6-15H,5H2,1-4H3,(H,24,28). The summed E-state index contributed by atoms with van der Waals surface area (Å²) >= 11 is 7.43. The zero-order valence-electron chi connectivity index (χ0n) is 17.0. The van der Waals surface area contributed by atoms with Crippen LogP contribution in [0, 0.1) is 0 Å². The molecule has 0 aliphatic heterocycles. The largest absolute Gasteiger partial charge is 0.350 e. The van der Waals surface area contributed by atoms with E-state index in [0.29, 0.717) is 16.0 Å². The van der Waals surface area contributed by atoms with Gasteiger partial charge in [-0.25, -0.2) is 0 Å². The summed E-state index contributed by atoms with van der Waals surface area (Å²) in [5.41, 5.74) is 1.60. The fourth-order valence-corrected chi connectivity index (χ4v) is 3.67. The number of thioether (sulfide) groups is 1. The summed E-state index contributed by atoms with van der Waals surface area (Å²) in [5, 5.41) is 12.9. The van der Waals surface area contributed by atoms with Crippen molar-refractivity contribution in [1.82, 2.24) is 20.1 Å². The van der Waals surface area contributed by atoms with Crippen molar-refractivity contribution in [3.63, 3.8) is 0 Å². The molecule has 0 aliphatic rings. The van der Waals surface area contributed by atoms with Crippen molar-refractivity contribution < 1.29 is 4.79 Å². The normalized spacial score (nSPS) is 12.6. The van der Waals surface area contributed by atoms with Crippen molar-refractivity contribution in [2.75, 3.05) is 0 Å². The maximum absolute atomic E-state index is 12.7. The predicted molar refractivity (Wildman–Crippen MR) is 120 cm³/mol. The molecule has 0 saturated heterocycles. The second kappa shape index (κ2) is 9.01. The van der Waals surface area contributed by atoms with Crippen LogP contribution in [0.2, 0.25) is 5.02 Å². The molecule has 0 spiro atoms. The molecular weight excluding hydrogens is 404 g/mol. The summed E-state index contributed by atoms with van der Waals surface area (Å²) in [4.78, 5) is 12.7. The lowest BCUT2D eigenvalue weighted by Gasteiger charge is -2.26. The Bertz CT molecular complexity index is 970. The number of halogens is 1. The summed E-state index contributed by atoms with van der Waals surface area (Å²) < 4.78 is 1.97. The molecule has 3 rings (SSSR count). The first-order valence-electron chi connectivity index (χ1n) is 9.56. The van der Waals surface area contributed by atoms with Crippen molar-refractivity contribution in [1.29, 1.82) is 0 Å². The lowest BCUT2D eigenvalue weighted by Crippen LogP contribution is -2.46. The van der Waals surface area contributed by atoms with Gasteiger partial charge in [0.2, 0.25) is 5.91 Å². The first kappa shape index (κ1) is 21.4. The maximum atomic E-state index is 12.7.